The van der Waals surface area contributed by atoms with Crippen molar-refractivity contribution in [2.75, 3.05) is 6.61 Å². The molecule has 0 heterocycles. The van der Waals surface area contributed by atoms with Crippen molar-refractivity contribution >= 4 is 11.9 Å². The van der Waals surface area contributed by atoms with Crippen molar-refractivity contribution in [3.63, 3.8) is 0 Å². The van der Waals surface area contributed by atoms with Gasteiger partial charge >= 0.3 is 12.1 Å². The Balaban J connectivity index is 3.04. The summed E-state index contributed by atoms with van der Waals surface area (Å²) < 4.78 is 50.9. The minimum atomic E-state index is -4.76. The lowest BCUT2D eigenvalue weighted by Crippen LogP contribution is -2.41. The van der Waals surface area contributed by atoms with Gasteiger partial charge < -0.3 is 15.5 Å². The highest BCUT2D eigenvalue weighted by atomic mass is 19.4. The van der Waals surface area contributed by atoms with Gasteiger partial charge in [0.2, 0.25) is 0 Å². The van der Waals surface area contributed by atoms with Crippen molar-refractivity contribution in [1.82, 2.24) is 5.32 Å². The van der Waals surface area contributed by atoms with Crippen molar-refractivity contribution in [1.29, 1.82) is 0 Å². The molecule has 5 nitrogen and oxygen atoms in total. The number of carbonyl (C=O) groups is 2. The van der Waals surface area contributed by atoms with Crippen molar-refractivity contribution in [3.05, 3.63) is 35.1 Å². The molecular formula is C12H11F4NO4. The summed E-state index contributed by atoms with van der Waals surface area (Å²) in [5.41, 5.74) is -2.16. The van der Waals surface area contributed by atoms with E-state index in [1.807, 2.05) is 5.32 Å². The predicted molar refractivity (Wildman–Crippen MR) is 62.0 cm³/mol. The first kappa shape index (κ1) is 16.9. The zero-order valence-electron chi connectivity index (χ0n) is 10.4. The van der Waals surface area contributed by atoms with E-state index in [-0.39, 0.29) is 6.42 Å². The maximum absolute atomic E-state index is 13.4. The first-order valence-corrected chi connectivity index (χ1v) is 5.68. The van der Waals surface area contributed by atoms with Crippen LogP contribution in [0.1, 0.15) is 22.3 Å². The highest BCUT2D eigenvalue weighted by Gasteiger charge is 2.32. The number of alkyl halides is 3. The average molecular weight is 309 g/mol. The van der Waals surface area contributed by atoms with E-state index in [0.29, 0.717) is 18.2 Å². The van der Waals surface area contributed by atoms with Crippen LogP contribution >= 0.6 is 0 Å². The lowest BCUT2D eigenvalue weighted by Gasteiger charge is -2.14. The van der Waals surface area contributed by atoms with Gasteiger partial charge in [-0.25, -0.2) is 9.18 Å². The van der Waals surface area contributed by atoms with Crippen LogP contribution in [0.5, 0.6) is 0 Å². The predicted octanol–water partition coefficient (Wildman–Crippen LogP) is 1.41. The van der Waals surface area contributed by atoms with Crippen LogP contribution in [0.2, 0.25) is 0 Å². The zero-order chi connectivity index (χ0) is 16.2. The second-order valence-electron chi connectivity index (χ2n) is 4.07. The Morgan fingerprint density at radius 3 is 2.38 bits per heavy atom. The minimum Gasteiger partial charge on any atom is -0.480 e. The number of aliphatic hydroxyl groups is 1. The molecule has 9 heteroatoms. The molecule has 0 fully saturated rings. The maximum Gasteiger partial charge on any atom is 0.416 e. The molecular weight excluding hydrogens is 298 g/mol. The van der Waals surface area contributed by atoms with Gasteiger partial charge in [-0.05, 0) is 18.2 Å². The van der Waals surface area contributed by atoms with Crippen molar-refractivity contribution in [2.24, 2.45) is 0 Å². The van der Waals surface area contributed by atoms with E-state index >= 15 is 0 Å². The summed E-state index contributed by atoms with van der Waals surface area (Å²) in [6.45, 7) is -0.567. The largest absolute Gasteiger partial charge is 0.480 e. The number of carboxylic acid groups (broad SMARTS) is 1. The number of rotatable bonds is 5. The maximum atomic E-state index is 13.4. The molecule has 21 heavy (non-hydrogen) atoms. The van der Waals surface area contributed by atoms with Crippen LogP contribution in [-0.2, 0) is 11.0 Å². The topological polar surface area (TPSA) is 86.6 Å². The first-order valence-electron chi connectivity index (χ1n) is 5.68. The van der Waals surface area contributed by atoms with Crippen molar-refractivity contribution in [2.45, 2.75) is 18.6 Å². The third-order valence-corrected chi connectivity index (χ3v) is 2.56. The van der Waals surface area contributed by atoms with Crippen LogP contribution in [0.4, 0.5) is 17.6 Å². The molecule has 0 radical (unpaired) electrons. The Morgan fingerprint density at radius 2 is 1.90 bits per heavy atom. The summed E-state index contributed by atoms with van der Waals surface area (Å²) in [6, 6.07) is -0.298. The molecule has 0 saturated heterocycles. The van der Waals surface area contributed by atoms with Gasteiger partial charge in [-0.1, -0.05) is 0 Å². The van der Waals surface area contributed by atoms with E-state index in [9.17, 15) is 27.2 Å². The molecule has 0 aromatic heterocycles. The summed E-state index contributed by atoms with van der Waals surface area (Å²) in [7, 11) is 0. The quantitative estimate of drug-likeness (QED) is 0.718. The lowest BCUT2D eigenvalue weighted by atomic mass is 10.1. The fourth-order valence-electron chi connectivity index (χ4n) is 1.50. The fraction of sp³-hybridized carbons (Fsp3) is 0.333. The Kier molecular flexibility index (Phi) is 5.25. The number of carboxylic acids is 1. The molecule has 0 aliphatic heterocycles. The molecule has 3 N–H and O–H groups in total. The molecule has 1 aromatic rings. The normalized spacial score (nSPS) is 12.8. The van der Waals surface area contributed by atoms with Crippen LogP contribution in [0, 0.1) is 5.82 Å². The number of aliphatic hydroxyl groups excluding tert-OH is 1. The Labute approximate surface area is 116 Å². The van der Waals surface area contributed by atoms with E-state index in [2.05, 4.69) is 0 Å². The summed E-state index contributed by atoms with van der Waals surface area (Å²) in [5.74, 6) is -4.02. The standard InChI is InChI=1S/C12H11F4NO4/c13-8-2-1-6(12(14,15)16)5-7(8)10(19)17-9(3-4-18)11(20)21/h1-2,5,9,18H,3-4H2,(H,17,19)(H,20,21)/t9-/m0/s1. The molecule has 0 spiro atoms. The first-order chi connectivity index (χ1) is 9.66. The number of nitrogens with one attached hydrogen (secondary N) is 1. The smallest absolute Gasteiger partial charge is 0.416 e. The third-order valence-electron chi connectivity index (χ3n) is 2.56. The van der Waals surface area contributed by atoms with E-state index in [0.717, 1.165) is 0 Å². The third kappa shape index (κ3) is 4.42. The zero-order valence-corrected chi connectivity index (χ0v) is 10.4. The number of aliphatic carboxylic acids is 1. The SMILES string of the molecule is O=C(N[C@@H](CCO)C(=O)O)c1cc(C(F)(F)F)ccc1F. The summed E-state index contributed by atoms with van der Waals surface area (Å²) >= 11 is 0. The van der Waals surface area contributed by atoms with Gasteiger partial charge in [0.25, 0.3) is 5.91 Å². The Hall–Kier alpha value is -2.16. The lowest BCUT2D eigenvalue weighted by molar-refractivity contribution is -0.140. The number of benzene rings is 1. The van der Waals surface area contributed by atoms with E-state index in [1.54, 1.807) is 0 Å². The number of hydrogen-bond donors (Lipinski definition) is 3. The van der Waals surface area contributed by atoms with Crippen molar-refractivity contribution in [3.8, 4) is 0 Å². The number of halogens is 4. The van der Waals surface area contributed by atoms with Gasteiger partial charge in [-0.2, -0.15) is 13.2 Å². The molecule has 0 bridgehead atoms. The van der Waals surface area contributed by atoms with Gasteiger partial charge in [0.15, 0.2) is 0 Å². The van der Waals surface area contributed by atoms with E-state index < -0.39 is 47.6 Å². The monoisotopic (exact) mass is 309 g/mol. The van der Waals surface area contributed by atoms with Crippen LogP contribution in [-0.4, -0.2) is 34.7 Å². The molecule has 1 amide bonds. The molecule has 0 aliphatic carbocycles. The molecule has 116 valence electrons. The molecule has 0 unspecified atom stereocenters. The van der Waals surface area contributed by atoms with Crippen LogP contribution in [0.3, 0.4) is 0 Å². The number of amides is 1. The van der Waals surface area contributed by atoms with Gasteiger partial charge in [0.05, 0.1) is 11.1 Å². The minimum absolute atomic E-state index is 0.294. The van der Waals surface area contributed by atoms with Gasteiger partial charge in [0.1, 0.15) is 11.9 Å². The number of hydrogen-bond acceptors (Lipinski definition) is 3. The summed E-state index contributed by atoms with van der Waals surface area (Å²) in [5, 5.41) is 19.2. The molecule has 1 atom stereocenters. The summed E-state index contributed by atoms with van der Waals surface area (Å²) in [6.07, 6.45) is -5.12. The van der Waals surface area contributed by atoms with Crippen LogP contribution in [0.15, 0.2) is 18.2 Å². The van der Waals surface area contributed by atoms with E-state index in [1.165, 1.54) is 0 Å². The molecule has 0 aliphatic rings. The molecule has 1 rings (SSSR count). The Morgan fingerprint density at radius 1 is 1.29 bits per heavy atom. The van der Waals surface area contributed by atoms with E-state index in [4.69, 9.17) is 10.2 Å². The van der Waals surface area contributed by atoms with Gasteiger partial charge in [-0.3, -0.25) is 4.79 Å². The van der Waals surface area contributed by atoms with Gasteiger partial charge in [0, 0.05) is 13.0 Å². The Bertz CT molecular complexity index is 545. The second kappa shape index (κ2) is 6.53. The van der Waals surface area contributed by atoms with Gasteiger partial charge in [-0.15, -0.1) is 0 Å². The molecule has 1 aromatic carbocycles. The van der Waals surface area contributed by atoms with Crippen LogP contribution in [0.25, 0.3) is 0 Å². The highest BCUT2D eigenvalue weighted by Crippen LogP contribution is 2.30. The average Bonchev–Trinajstić information content (AvgIpc) is 2.36. The second-order valence-corrected chi connectivity index (χ2v) is 4.07. The number of carbonyl (C=O) groups excluding carboxylic acids is 1. The molecule has 0 saturated carbocycles. The van der Waals surface area contributed by atoms with Crippen molar-refractivity contribution < 1.29 is 37.4 Å². The highest BCUT2D eigenvalue weighted by molar-refractivity contribution is 5.97. The van der Waals surface area contributed by atoms with Crippen LogP contribution < -0.4 is 5.32 Å². The fourth-order valence-corrected chi connectivity index (χ4v) is 1.50. The summed E-state index contributed by atoms with van der Waals surface area (Å²) in [4.78, 5) is 22.4.